The van der Waals surface area contributed by atoms with Gasteiger partial charge in [-0.25, -0.2) is 0 Å². The lowest BCUT2D eigenvalue weighted by Crippen LogP contribution is -2.54. The SMILES string of the molecule is [CH2]OC1C2CC3CC(C2)C(=O)C1C3. The summed E-state index contributed by atoms with van der Waals surface area (Å²) in [5, 5.41) is 0. The van der Waals surface area contributed by atoms with Crippen molar-refractivity contribution in [3.05, 3.63) is 7.11 Å². The van der Waals surface area contributed by atoms with E-state index in [0.717, 1.165) is 25.2 Å². The molecule has 0 saturated heterocycles. The van der Waals surface area contributed by atoms with Gasteiger partial charge in [0, 0.05) is 11.8 Å². The zero-order valence-electron chi connectivity index (χ0n) is 7.74. The summed E-state index contributed by atoms with van der Waals surface area (Å²) in [6.45, 7) is 0. The molecule has 2 nitrogen and oxygen atoms in total. The zero-order valence-corrected chi connectivity index (χ0v) is 7.74. The van der Waals surface area contributed by atoms with E-state index < -0.39 is 0 Å². The summed E-state index contributed by atoms with van der Waals surface area (Å²) in [6.07, 6.45) is 4.74. The van der Waals surface area contributed by atoms with Gasteiger partial charge in [-0.3, -0.25) is 4.79 Å². The molecule has 0 amide bonds. The van der Waals surface area contributed by atoms with Gasteiger partial charge in [-0.05, 0) is 37.5 Å². The molecule has 2 heteroatoms. The van der Waals surface area contributed by atoms with Gasteiger partial charge < -0.3 is 4.74 Å². The van der Waals surface area contributed by atoms with Gasteiger partial charge in [-0.15, -0.1) is 0 Å². The molecule has 0 N–H and O–H groups in total. The number of hydrogen-bond acceptors (Lipinski definition) is 2. The van der Waals surface area contributed by atoms with Crippen molar-refractivity contribution in [2.24, 2.45) is 23.7 Å². The van der Waals surface area contributed by atoms with E-state index in [1.165, 1.54) is 6.42 Å². The third-order valence-corrected chi connectivity index (χ3v) is 4.25. The standard InChI is InChI=1S/C11H15O2/c1-13-11-8-3-6-2-7(5-8)10(12)9(11)4-6/h6-9,11H,1-5H2. The van der Waals surface area contributed by atoms with Crippen LogP contribution >= 0.6 is 0 Å². The van der Waals surface area contributed by atoms with E-state index >= 15 is 0 Å². The Morgan fingerprint density at radius 2 is 2.08 bits per heavy atom. The van der Waals surface area contributed by atoms with Crippen molar-refractivity contribution in [2.75, 3.05) is 0 Å². The van der Waals surface area contributed by atoms with Gasteiger partial charge >= 0.3 is 0 Å². The molecule has 5 atom stereocenters. The van der Waals surface area contributed by atoms with Crippen LogP contribution in [0.5, 0.6) is 0 Å². The van der Waals surface area contributed by atoms with Gasteiger partial charge in [0.05, 0.1) is 13.2 Å². The lowest BCUT2D eigenvalue weighted by Gasteiger charge is -2.52. The molecule has 13 heavy (non-hydrogen) atoms. The van der Waals surface area contributed by atoms with Crippen LogP contribution in [0, 0.1) is 30.8 Å². The third-order valence-electron chi connectivity index (χ3n) is 4.25. The van der Waals surface area contributed by atoms with E-state index in [9.17, 15) is 4.79 Å². The summed E-state index contributed by atoms with van der Waals surface area (Å²) in [5.41, 5.74) is 0. The summed E-state index contributed by atoms with van der Waals surface area (Å²) in [4.78, 5) is 11.8. The van der Waals surface area contributed by atoms with Crippen LogP contribution in [0.4, 0.5) is 0 Å². The Balaban J connectivity index is 1.94. The monoisotopic (exact) mass is 179 g/mol. The summed E-state index contributed by atoms with van der Waals surface area (Å²) in [7, 11) is 3.51. The number of Topliss-reactive ketones (excluding diaryl/α,β-unsaturated/α-hetero) is 1. The summed E-state index contributed by atoms with van der Waals surface area (Å²) in [5.74, 6) is 2.51. The number of ether oxygens (including phenoxy) is 1. The Hall–Kier alpha value is -0.370. The van der Waals surface area contributed by atoms with Crippen molar-refractivity contribution in [2.45, 2.75) is 31.8 Å². The topological polar surface area (TPSA) is 26.3 Å². The lowest BCUT2D eigenvalue weighted by atomic mass is 9.54. The molecule has 0 aliphatic heterocycles. The fourth-order valence-corrected chi connectivity index (χ4v) is 3.83. The van der Waals surface area contributed by atoms with Gasteiger partial charge in [-0.1, -0.05) is 0 Å². The zero-order chi connectivity index (χ0) is 9.00. The Labute approximate surface area is 78.6 Å². The molecule has 0 aromatic heterocycles. The maximum absolute atomic E-state index is 11.8. The molecule has 0 aromatic rings. The molecule has 4 fully saturated rings. The van der Waals surface area contributed by atoms with Crippen molar-refractivity contribution in [1.82, 2.24) is 0 Å². The number of carbonyl (C=O) groups is 1. The smallest absolute Gasteiger partial charge is 0.141 e. The second kappa shape index (κ2) is 2.57. The highest BCUT2D eigenvalue weighted by Crippen LogP contribution is 2.52. The van der Waals surface area contributed by atoms with Crippen molar-refractivity contribution in [3.8, 4) is 0 Å². The molecule has 0 aromatic carbocycles. The first-order chi connectivity index (χ1) is 6.29. The van der Waals surface area contributed by atoms with Crippen LogP contribution in [0.3, 0.4) is 0 Å². The fraction of sp³-hybridized carbons (Fsp3) is 0.818. The Bertz CT molecular complexity index is 248. The van der Waals surface area contributed by atoms with Crippen LogP contribution in [0.2, 0.25) is 0 Å². The van der Waals surface area contributed by atoms with Gasteiger partial charge in [0.1, 0.15) is 5.78 Å². The van der Waals surface area contributed by atoms with E-state index in [1.807, 2.05) is 0 Å². The average Bonchev–Trinajstić information content (AvgIpc) is 2.13. The van der Waals surface area contributed by atoms with Gasteiger partial charge in [0.25, 0.3) is 0 Å². The van der Waals surface area contributed by atoms with Crippen LogP contribution in [0.1, 0.15) is 25.7 Å². The average molecular weight is 179 g/mol. The maximum atomic E-state index is 11.8. The van der Waals surface area contributed by atoms with Gasteiger partial charge in [-0.2, -0.15) is 0 Å². The molecule has 5 unspecified atom stereocenters. The van der Waals surface area contributed by atoms with Crippen LogP contribution < -0.4 is 0 Å². The highest BCUT2D eigenvalue weighted by Gasteiger charge is 2.53. The van der Waals surface area contributed by atoms with Crippen molar-refractivity contribution >= 4 is 5.78 Å². The van der Waals surface area contributed by atoms with E-state index in [-0.39, 0.29) is 12.0 Å². The minimum atomic E-state index is 0.153. The molecule has 71 valence electrons. The minimum absolute atomic E-state index is 0.153. The predicted octanol–water partition coefficient (Wildman–Crippen LogP) is 1.80. The van der Waals surface area contributed by atoms with Crippen molar-refractivity contribution in [1.29, 1.82) is 0 Å². The van der Waals surface area contributed by atoms with Crippen LogP contribution in [-0.2, 0) is 9.53 Å². The number of ketones is 1. The number of rotatable bonds is 1. The quantitative estimate of drug-likeness (QED) is 0.613. The van der Waals surface area contributed by atoms with Crippen molar-refractivity contribution < 1.29 is 9.53 Å². The summed E-state index contributed by atoms with van der Waals surface area (Å²) >= 11 is 0. The molecule has 4 aliphatic rings. The van der Waals surface area contributed by atoms with E-state index in [0.29, 0.717) is 17.6 Å². The molecule has 0 heterocycles. The van der Waals surface area contributed by atoms with Crippen LogP contribution in [0.25, 0.3) is 0 Å². The third kappa shape index (κ3) is 0.954. The molecular weight excluding hydrogens is 164 g/mol. The minimum Gasteiger partial charge on any atom is -0.375 e. The predicted molar refractivity (Wildman–Crippen MR) is 47.7 cm³/mol. The maximum Gasteiger partial charge on any atom is 0.141 e. The first kappa shape index (κ1) is 7.98. The van der Waals surface area contributed by atoms with Gasteiger partial charge in [0.15, 0.2) is 0 Å². The highest BCUT2D eigenvalue weighted by molar-refractivity contribution is 5.86. The summed E-state index contributed by atoms with van der Waals surface area (Å²) < 4.78 is 5.23. The van der Waals surface area contributed by atoms with E-state index in [2.05, 4.69) is 7.11 Å². The van der Waals surface area contributed by atoms with E-state index in [4.69, 9.17) is 4.74 Å². The van der Waals surface area contributed by atoms with Crippen molar-refractivity contribution in [3.63, 3.8) is 0 Å². The Kier molecular flexibility index (Phi) is 1.58. The van der Waals surface area contributed by atoms with Gasteiger partial charge in [0.2, 0.25) is 0 Å². The summed E-state index contributed by atoms with van der Waals surface area (Å²) in [6, 6.07) is 0. The normalized spacial score (nSPS) is 53.0. The molecule has 4 bridgehead atoms. The fourth-order valence-electron chi connectivity index (χ4n) is 3.83. The largest absolute Gasteiger partial charge is 0.375 e. The molecule has 0 spiro atoms. The Morgan fingerprint density at radius 3 is 2.85 bits per heavy atom. The molecule has 4 saturated carbocycles. The second-order valence-electron chi connectivity index (χ2n) is 4.91. The van der Waals surface area contributed by atoms with Crippen LogP contribution in [-0.4, -0.2) is 11.9 Å². The molecule has 4 aliphatic carbocycles. The molecule has 4 rings (SSSR count). The first-order valence-electron chi connectivity index (χ1n) is 5.24. The second-order valence-corrected chi connectivity index (χ2v) is 4.91. The van der Waals surface area contributed by atoms with Crippen LogP contribution in [0.15, 0.2) is 0 Å². The highest BCUT2D eigenvalue weighted by atomic mass is 16.5. The Morgan fingerprint density at radius 1 is 1.23 bits per heavy atom. The first-order valence-corrected chi connectivity index (χ1v) is 5.24. The van der Waals surface area contributed by atoms with E-state index in [1.54, 1.807) is 0 Å². The number of carbonyl (C=O) groups excluding carboxylic acids is 1. The molecular formula is C11H15O2. The number of hydrogen-bond donors (Lipinski definition) is 0. The molecule has 1 radical (unpaired) electrons. The lowest BCUT2D eigenvalue weighted by molar-refractivity contribution is -0.155.